The number of hydrogen-bond donors (Lipinski definition) is 0. The summed E-state index contributed by atoms with van der Waals surface area (Å²) in [5.74, 6) is 0.172. The molecule has 1 aliphatic heterocycles. The molecule has 22 heavy (non-hydrogen) atoms. The van der Waals surface area contributed by atoms with Crippen molar-refractivity contribution in [2.75, 3.05) is 31.1 Å². The minimum atomic E-state index is -0.397. The Kier molecular flexibility index (Phi) is 4.29. The van der Waals surface area contributed by atoms with E-state index in [0.29, 0.717) is 12.1 Å². The van der Waals surface area contributed by atoms with Crippen molar-refractivity contribution >= 4 is 5.82 Å². The Morgan fingerprint density at radius 2 is 1.82 bits per heavy atom. The first-order valence-corrected chi connectivity index (χ1v) is 7.32. The molecular weight excluding hydrogens is 286 g/mol. The Hall–Kier alpha value is -2.08. The topological polar surface area (TPSA) is 32.3 Å². The quantitative estimate of drug-likeness (QED) is 0.871. The number of benzene rings is 1. The SMILES string of the molecule is Cc1cc(N2CCN(Cc3cc(F)ccc3F)CC2)ncn1. The smallest absolute Gasteiger partial charge is 0.132 e. The van der Waals surface area contributed by atoms with Gasteiger partial charge in [-0.1, -0.05) is 0 Å². The first-order valence-electron chi connectivity index (χ1n) is 7.32. The van der Waals surface area contributed by atoms with Crippen LogP contribution in [0.3, 0.4) is 0 Å². The number of aryl methyl sites for hydroxylation is 1. The molecule has 1 fully saturated rings. The van der Waals surface area contributed by atoms with Crippen LogP contribution >= 0.6 is 0 Å². The van der Waals surface area contributed by atoms with Gasteiger partial charge < -0.3 is 4.90 Å². The number of hydrogen-bond acceptors (Lipinski definition) is 4. The fourth-order valence-corrected chi connectivity index (χ4v) is 2.65. The Morgan fingerprint density at radius 3 is 2.55 bits per heavy atom. The van der Waals surface area contributed by atoms with Gasteiger partial charge in [0, 0.05) is 50.0 Å². The molecule has 0 N–H and O–H groups in total. The molecule has 1 saturated heterocycles. The van der Waals surface area contributed by atoms with Gasteiger partial charge in [0.25, 0.3) is 0 Å². The summed E-state index contributed by atoms with van der Waals surface area (Å²) in [6.45, 7) is 5.58. The Labute approximate surface area is 128 Å². The number of aromatic nitrogens is 2. The van der Waals surface area contributed by atoms with Crippen LogP contribution in [0.15, 0.2) is 30.6 Å². The van der Waals surface area contributed by atoms with Crippen molar-refractivity contribution in [3.63, 3.8) is 0 Å². The molecule has 0 spiro atoms. The lowest BCUT2D eigenvalue weighted by Crippen LogP contribution is -2.46. The zero-order valence-electron chi connectivity index (χ0n) is 12.5. The molecule has 1 aromatic heterocycles. The van der Waals surface area contributed by atoms with Gasteiger partial charge in [-0.3, -0.25) is 4.90 Å². The third kappa shape index (κ3) is 3.39. The van der Waals surface area contributed by atoms with Gasteiger partial charge >= 0.3 is 0 Å². The minimum absolute atomic E-state index is 0.352. The zero-order chi connectivity index (χ0) is 15.5. The van der Waals surface area contributed by atoms with Crippen LogP contribution in [0.5, 0.6) is 0 Å². The van der Waals surface area contributed by atoms with Crippen molar-refractivity contribution in [1.82, 2.24) is 14.9 Å². The highest BCUT2D eigenvalue weighted by Crippen LogP contribution is 2.17. The molecule has 0 unspecified atom stereocenters. The fourth-order valence-electron chi connectivity index (χ4n) is 2.65. The van der Waals surface area contributed by atoms with Gasteiger partial charge in [-0.05, 0) is 25.1 Å². The van der Waals surface area contributed by atoms with Crippen LogP contribution in [-0.2, 0) is 6.54 Å². The van der Waals surface area contributed by atoms with Gasteiger partial charge in [0.15, 0.2) is 0 Å². The first kappa shape index (κ1) is 14.8. The number of rotatable bonds is 3. The van der Waals surface area contributed by atoms with Crippen molar-refractivity contribution in [3.8, 4) is 0 Å². The minimum Gasteiger partial charge on any atom is -0.354 e. The molecule has 2 heterocycles. The Bertz CT molecular complexity index is 654. The first-order chi connectivity index (χ1) is 10.6. The van der Waals surface area contributed by atoms with Crippen molar-refractivity contribution < 1.29 is 8.78 Å². The summed E-state index contributed by atoms with van der Waals surface area (Å²) in [6.07, 6.45) is 1.57. The van der Waals surface area contributed by atoms with E-state index in [2.05, 4.69) is 19.8 Å². The largest absolute Gasteiger partial charge is 0.354 e. The Morgan fingerprint density at radius 1 is 1.05 bits per heavy atom. The second kappa shape index (κ2) is 6.36. The number of anilines is 1. The molecule has 0 bridgehead atoms. The molecule has 0 saturated carbocycles. The van der Waals surface area contributed by atoms with E-state index in [1.807, 2.05) is 13.0 Å². The number of halogens is 2. The zero-order valence-corrected chi connectivity index (χ0v) is 12.5. The summed E-state index contributed by atoms with van der Waals surface area (Å²) >= 11 is 0. The van der Waals surface area contributed by atoms with Gasteiger partial charge in [-0.25, -0.2) is 18.7 Å². The van der Waals surface area contributed by atoms with Gasteiger partial charge in [0.1, 0.15) is 23.8 Å². The van der Waals surface area contributed by atoms with E-state index in [-0.39, 0.29) is 5.82 Å². The normalized spacial score (nSPS) is 16.0. The maximum absolute atomic E-state index is 13.7. The van der Waals surface area contributed by atoms with Crippen LogP contribution in [0.1, 0.15) is 11.3 Å². The van der Waals surface area contributed by atoms with Gasteiger partial charge in [-0.15, -0.1) is 0 Å². The standard InChI is InChI=1S/C16H18F2N4/c1-12-8-16(20-11-19-12)22-6-4-21(5-7-22)10-13-9-14(17)2-3-15(13)18/h2-3,8-9,11H,4-7,10H2,1H3. The van der Waals surface area contributed by atoms with Crippen LogP contribution in [0, 0.1) is 18.6 Å². The van der Waals surface area contributed by atoms with Crippen LogP contribution in [0.4, 0.5) is 14.6 Å². The lowest BCUT2D eigenvalue weighted by atomic mass is 10.1. The molecule has 2 aromatic rings. The van der Waals surface area contributed by atoms with Crippen molar-refractivity contribution in [3.05, 3.63) is 53.5 Å². The Balaban J connectivity index is 1.61. The summed E-state index contributed by atoms with van der Waals surface area (Å²) < 4.78 is 26.9. The molecule has 0 amide bonds. The number of nitrogens with zero attached hydrogens (tertiary/aromatic N) is 4. The molecule has 0 radical (unpaired) electrons. The van der Waals surface area contributed by atoms with E-state index in [0.717, 1.165) is 43.8 Å². The lowest BCUT2D eigenvalue weighted by Gasteiger charge is -2.35. The van der Waals surface area contributed by atoms with Crippen LogP contribution < -0.4 is 4.90 Å². The lowest BCUT2D eigenvalue weighted by molar-refractivity contribution is 0.245. The summed E-state index contributed by atoms with van der Waals surface area (Å²) in [4.78, 5) is 12.7. The van der Waals surface area contributed by atoms with Crippen LogP contribution in [0.25, 0.3) is 0 Å². The van der Waals surface area contributed by atoms with E-state index < -0.39 is 5.82 Å². The molecular formula is C16H18F2N4. The van der Waals surface area contributed by atoms with E-state index in [1.165, 1.54) is 12.1 Å². The maximum atomic E-state index is 13.7. The second-order valence-electron chi connectivity index (χ2n) is 5.52. The molecule has 1 aromatic carbocycles. The predicted molar refractivity (Wildman–Crippen MR) is 80.6 cm³/mol. The molecule has 6 heteroatoms. The van der Waals surface area contributed by atoms with Gasteiger partial charge in [0.2, 0.25) is 0 Å². The average Bonchev–Trinajstić information content (AvgIpc) is 2.52. The van der Waals surface area contributed by atoms with Gasteiger partial charge in [0.05, 0.1) is 0 Å². The molecule has 4 nitrogen and oxygen atoms in total. The summed E-state index contributed by atoms with van der Waals surface area (Å²) in [5, 5.41) is 0. The van der Waals surface area contributed by atoms with E-state index in [1.54, 1.807) is 6.33 Å². The van der Waals surface area contributed by atoms with Crippen LogP contribution in [0.2, 0.25) is 0 Å². The number of piperazine rings is 1. The summed E-state index contributed by atoms with van der Waals surface area (Å²) in [7, 11) is 0. The average molecular weight is 304 g/mol. The highest BCUT2D eigenvalue weighted by molar-refractivity contribution is 5.39. The fraction of sp³-hybridized carbons (Fsp3) is 0.375. The highest BCUT2D eigenvalue weighted by atomic mass is 19.1. The summed E-state index contributed by atoms with van der Waals surface area (Å²) in [6, 6.07) is 5.57. The van der Waals surface area contributed by atoms with Crippen molar-refractivity contribution in [2.45, 2.75) is 13.5 Å². The molecule has 0 aliphatic carbocycles. The third-order valence-corrected chi connectivity index (χ3v) is 3.89. The maximum Gasteiger partial charge on any atom is 0.132 e. The van der Waals surface area contributed by atoms with Crippen molar-refractivity contribution in [2.24, 2.45) is 0 Å². The molecule has 0 atom stereocenters. The third-order valence-electron chi connectivity index (χ3n) is 3.89. The van der Waals surface area contributed by atoms with Gasteiger partial charge in [-0.2, -0.15) is 0 Å². The highest BCUT2D eigenvalue weighted by Gasteiger charge is 2.19. The monoisotopic (exact) mass is 304 g/mol. The molecule has 3 rings (SSSR count). The van der Waals surface area contributed by atoms with Crippen molar-refractivity contribution in [1.29, 1.82) is 0 Å². The predicted octanol–water partition coefficient (Wildman–Crippen LogP) is 2.39. The summed E-state index contributed by atoms with van der Waals surface area (Å²) in [5.41, 5.74) is 1.35. The molecule has 1 aliphatic rings. The van der Waals surface area contributed by atoms with Crippen LogP contribution in [-0.4, -0.2) is 41.0 Å². The molecule has 116 valence electrons. The van der Waals surface area contributed by atoms with E-state index in [9.17, 15) is 8.78 Å². The van der Waals surface area contributed by atoms with E-state index >= 15 is 0 Å². The van der Waals surface area contributed by atoms with E-state index in [4.69, 9.17) is 0 Å². The second-order valence-corrected chi connectivity index (χ2v) is 5.52.